The summed E-state index contributed by atoms with van der Waals surface area (Å²) in [6.07, 6.45) is 2.35. The molecule has 0 amide bonds. The van der Waals surface area contributed by atoms with Gasteiger partial charge in [0.25, 0.3) is 0 Å². The second-order valence-corrected chi connectivity index (χ2v) is 6.50. The molecule has 0 radical (unpaired) electrons. The number of rotatable bonds is 4. The van der Waals surface area contributed by atoms with Gasteiger partial charge in [-0.15, -0.1) is 24.0 Å². The van der Waals surface area contributed by atoms with Crippen LogP contribution in [0, 0.1) is 5.92 Å². The number of nitrogens with zero attached hydrogens (tertiary/aromatic N) is 2. The Labute approximate surface area is 163 Å². The molecule has 2 N–H and O–H groups in total. The van der Waals surface area contributed by atoms with Crippen LogP contribution in [0.1, 0.15) is 25.3 Å². The third-order valence-corrected chi connectivity index (χ3v) is 4.81. The van der Waals surface area contributed by atoms with Gasteiger partial charge in [0, 0.05) is 17.6 Å². The van der Waals surface area contributed by atoms with Crippen LogP contribution in [-0.2, 0) is 6.54 Å². The standard InChI is InChI=1S/C16H24BrN3O2.HI/c1-11-4-6-20(7-5-11)16(18)19-10-12-8-14(21-2)15(22-3)9-13(12)17;/h8-9,11H,4-7,10H2,1-3H3,(H2,18,19);1H. The summed E-state index contributed by atoms with van der Waals surface area (Å²) in [7, 11) is 3.25. The SMILES string of the molecule is COc1cc(Br)c(CN=C(N)N2CCC(C)CC2)cc1OC.I. The quantitative estimate of drug-likeness (QED) is 0.392. The highest BCUT2D eigenvalue weighted by Gasteiger charge is 2.17. The summed E-state index contributed by atoms with van der Waals surface area (Å²) in [4.78, 5) is 6.69. The van der Waals surface area contributed by atoms with Crippen molar-refractivity contribution in [2.45, 2.75) is 26.3 Å². The molecule has 2 rings (SSSR count). The first-order valence-corrected chi connectivity index (χ1v) is 8.29. The van der Waals surface area contributed by atoms with E-state index in [1.807, 2.05) is 12.1 Å². The molecule has 130 valence electrons. The van der Waals surface area contributed by atoms with E-state index in [4.69, 9.17) is 15.2 Å². The number of hydrogen-bond donors (Lipinski definition) is 1. The van der Waals surface area contributed by atoms with E-state index in [2.05, 4.69) is 32.7 Å². The first-order chi connectivity index (χ1) is 10.5. The molecular formula is C16H25BrIN3O2. The van der Waals surface area contributed by atoms with Gasteiger partial charge in [-0.05, 0) is 36.5 Å². The molecule has 1 aliphatic heterocycles. The number of nitrogens with two attached hydrogens (primary N) is 1. The number of hydrogen-bond acceptors (Lipinski definition) is 3. The summed E-state index contributed by atoms with van der Waals surface area (Å²) in [6, 6.07) is 3.82. The predicted molar refractivity (Wildman–Crippen MR) is 108 cm³/mol. The van der Waals surface area contributed by atoms with Crippen LogP contribution >= 0.6 is 39.9 Å². The zero-order chi connectivity index (χ0) is 16.1. The normalized spacial score (nSPS) is 16.0. The van der Waals surface area contributed by atoms with Gasteiger partial charge in [-0.1, -0.05) is 22.9 Å². The summed E-state index contributed by atoms with van der Waals surface area (Å²) in [5.74, 6) is 2.79. The van der Waals surface area contributed by atoms with Gasteiger partial charge in [-0.3, -0.25) is 0 Å². The van der Waals surface area contributed by atoms with Gasteiger partial charge in [0.2, 0.25) is 0 Å². The first kappa shape index (κ1) is 20.3. The van der Waals surface area contributed by atoms with Gasteiger partial charge in [0.15, 0.2) is 17.5 Å². The molecule has 23 heavy (non-hydrogen) atoms. The number of aliphatic imine (C=N–C) groups is 1. The molecule has 1 saturated heterocycles. The van der Waals surface area contributed by atoms with E-state index in [0.717, 1.165) is 29.0 Å². The highest BCUT2D eigenvalue weighted by atomic mass is 127. The van der Waals surface area contributed by atoms with Crippen LogP contribution in [0.3, 0.4) is 0 Å². The Kier molecular flexibility index (Phi) is 8.46. The van der Waals surface area contributed by atoms with Crippen molar-refractivity contribution in [1.29, 1.82) is 0 Å². The van der Waals surface area contributed by atoms with Crippen molar-refractivity contribution in [3.63, 3.8) is 0 Å². The molecule has 1 fully saturated rings. The van der Waals surface area contributed by atoms with E-state index >= 15 is 0 Å². The lowest BCUT2D eigenvalue weighted by Gasteiger charge is -2.31. The Bertz CT molecular complexity index is 546. The van der Waals surface area contributed by atoms with Crippen molar-refractivity contribution >= 4 is 45.9 Å². The maximum Gasteiger partial charge on any atom is 0.191 e. The summed E-state index contributed by atoms with van der Waals surface area (Å²) in [5.41, 5.74) is 7.14. The fourth-order valence-electron chi connectivity index (χ4n) is 2.52. The Hall–Kier alpha value is -0.700. The van der Waals surface area contributed by atoms with Crippen LogP contribution in [-0.4, -0.2) is 38.2 Å². The van der Waals surface area contributed by atoms with Crippen LogP contribution in [0.25, 0.3) is 0 Å². The molecule has 5 nitrogen and oxygen atoms in total. The maximum absolute atomic E-state index is 6.12. The van der Waals surface area contributed by atoms with Crippen molar-refractivity contribution in [2.75, 3.05) is 27.3 Å². The zero-order valence-corrected chi connectivity index (χ0v) is 17.8. The number of guanidine groups is 1. The number of likely N-dealkylation sites (tertiary alicyclic amines) is 1. The van der Waals surface area contributed by atoms with Gasteiger partial charge >= 0.3 is 0 Å². The van der Waals surface area contributed by atoms with E-state index in [1.54, 1.807) is 14.2 Å². The van der Waals surface area contributed by atoms with Crippen LogP contribution in [0.5, 0.6) is 11.5 Å². The molecular weight excluding hydrogens is 473 g/mol. The van der Waals surface area contributed by atoms with Crippen molar-refractivity contribution in [3.05, 3.63) is 22.2 Å². The topological polar surface area (TPSA) is 60.1 Å². The smallest absolute Gasteiger partial charge is 0.191 e. The zero-order valence-electron chi connectivity index (χ0n) is 13.8. The molecule has 0 bridgehead atoms. The van der Waals surface area contributed by atoms with E-state index in [-0.39, 0.29) is 24.0 Å². The van der Waals surface area contributed by atoms with E-state index < -0.39 is 0 Å². The largest absolute Gasteiger partial charge is 0.493 e. The highest BCUT2D eigenvalue weighted by molar-refractivity contribution is 14.0. The first-order valence-electron chi connectivity index (χ1n) is 7.50. The molecule has 0 spiro atoms. The van der Waals surface area contributed by atoms with Crippen molar-refractivity contribution in [2.24, 2.45) is 16.6 Å². The molecule has 0 unspecified atom stereocenters. The van der Waals surface area contributed by atoms with Crippen LogP contribution in [0.15, 0.2) is 21.6 Å². The van der Waals surface area contributed by atoms with Gasteiger partial charge in [0.1, 0.15) is 0 Å². The summed E-state index contributed by atoms with van der Waals surface area (Å²) in [6.45, 7) is 4.78. The second-order valence-electron chi connectivity index (χ2n) is 5.64. The number of methoxy groups -OCH3 is 2. The van der Waals surface area contributed by atoms with Gasteiger partial charge < -0.3 is 20.1 Å². The number of piperidine rings is 1. The van der Waals surface area contributed by atoms with E-state index in [0.29, 0.717) is 24.0 Å². The van der Waals surface area contributed by atoms with Gasteiger partial charge in [-0.25, -0.2) is 4.99 Å². The molecule has 0 saturated carbocycles. The Morgan fingerprint density at radius 1 is 1.26 bits per heavy atom. The average molecular weight is 498 g/mol. The lowest BCUT2D eigenvalue weighted by Crippen LogP contribution is -2.42. The minimum atomic E-state index is 0. The van der Waals surface area contributed by atoms with Crippen LogP contribution < -0.4 is 15.2 Å². The van der Waals surface area contributed by atoms with Crippen LogP contribution in [0.2, 0.25) is 0 Å². The van der Waals surface area contributed by atoms with Crippen molar-refractivity contribution in [3.8, 4) is 11.5 Å². The summed E-state index contributed by atoms with van der Waals surface area (Å²) >= 11 is 3.55. The molecule has 1 aromatic rings. The lowest BCUT2D eigenvalue weighted by atomic mass is 10.00. The number of benzene rings is 1. The van der Waals surface area contributed by atoms with Gasteiger partial charge in [0.05, 0.1) is 20.8 Å². The second kappa shape index (κ2) is 9.56. The monoisotopic (exact) mass is 497 g/mol. The minimum absolute atomic E-state index is 0. The molecule has 1 heterocycles. The Morgan fingerprint density at radius 3 is 2.39 bits per heavy atom. The number of halogens is 2. The predicted octanol–water partition coefficient (Wildman–Crippen LogP) is 3.63. The highest BCUT2D eigenvalue weighted by Crippen LogP contribution is 2.33. The van der Waals surface area contributed by atoms with E-state index in [1.165, 1.54) is 12.8 Å². The van der Waals surface area contributed by atoms with Crippen LogP contribution in [0.4, 0.5) is 0 Å². The molecule has 0 aromatic heterocycles. The van der Waals surface area contributed by atoms with Crippen molar-refractivity contribution in [1.82, 2.24) is 4.90 Å². The molecule has 7 heteroatoms. The summed E-state index contributed by atoms with van der Waals surface area (Å²) in [5, 5.41) is 0. The molecule has 0 atom stereocenters. The summed E-state index contributed by atoms with van der Waals surface area (Å²) < 4.78 is 11.5. The lowest BCUT2D eigenvalue weighted by molar-refractivity contribution is 0.277. The molecule has 1 aromatic carbocycles. The Morgan fingerprint density at radius 2 is 1.83 bits per heavy atom. The van der Waals surface area contributed by atoms with Gasteiger partial charge in [-0.2, -0.15) is 0 Å². The van der Waals surface area contributed by atoms with E-state index in [9.17, 15) is 0 Å². The Balaban J connectivity index is 0.00000264. The fourth-order valence-corrected chi connectivity index (χ4v) is 2.97. The fraction of sp³-hybridized carbons (Fsp3) is 0.562. The third-order valence-electron chi connectivity index (χ3n) is 4.07. The molecule has 0 aliphatic carbocycles. The average Bonchev–Trinajstić information content (AvgIpc) is 2.53. The van der Waals surface area contributed by atoms with Crippen molar-refractivity contribution < 1.29 is 9.47 Å². The maximum atomic E-state index is 6.12. The third kappa shape index (κ3) is 5.41. The number of ether oxygens (including phenoxy) is 2. The minimum Gasteiger partial charge on any atom is -0.493 e. The molecule has 1 aliphatic rings.